The number of hydrogen-bond acceptors (Lipinski definition) is 3. The zero-order chi connectivity index (χ0) is 14.1. The van der Waals surface area contributed by atoms with E-state index in [-0.39, 0.29) is 0 Å². The predicted molar refractivity (Wildman–Crippen MR) is 77.6 cm³/mol. The van der Waals surface area contributed by atoms with E-state index in [0.717, 1.165) is 42.9 Å². The van der Waals surface area contributed by atoms with Crippen LogP contribution < -0.4 is 0 Å². The van der Waals surface area contributed by atoms with Gasteiger partial charge in [0.2, 0.25) is 0 Å². The SMILES string of the molecule is CC(C)n1c(C2CCOCC2)nc2cc(C#N)ccc21. The van der Waals surface area contributed by atoms with Gasteiger partial charge in [-0.15, -0.1) is 0 Å². The third-order valence-corrected chi connectivity index (χ3v) is 3.95. The standard InChI is InChI=1S/C16H19N3O/c1-11(2)19-15-4-3-12(10-17)9-14(15)18-16(19)13-5-7-20-8-6-13/h3-4,9,11,13H,5-8H2,1-2H3. The monoisotopic (exact) mass is 269 g/mol. The van der Waals surface area contributed by atoms with Crippen LogP contribution in [0, 0.1) is 11.3 Å². The van der Waals surface area contributed by atoms with Crippen LogP contribution in [0.1, 0.15) is 50.0 Å². The number of nitrogens with zero attached hydrogens (tertiary/aromatic N) is 3. The second-order valence-corrected chi connectivity index (χ2v) is 5.64. The van der Waals surface area contributed by atoms with Gasteiger partial charge in [-0.25, -0.2) is 4.98 Å². The molecule has 0 atom stereocenters. The molecule has 104 valence electrons. The Hall–Kier alpha value is -1.86. The molecule has 1 aromatic heterocycles. The van der Waals surface area contributed by atoms with Gasteiger partial charge in [0.15, 0.2) is 0 Å². The number of nitriles is 1. The summed E-state index contributed by atoms with van der Waals surface area (Å²) in [4.78, 5) is 4.82. The molecule has 0 radical (unpaired) electrons. The molecule has 4 heteroatoms. The second-order valence-electron chi connectivity index (χ2n) is 5.64. The largest absolute Gasteiger partial charge is 0.381 e. The molecule has 4 nitrogen and oxygen atoms in total. The van der Waals surface area contributed by atoms with Crippen LogP contribution in [0.2, 0.25) is 0 Å². The fourth-order valence-corrected chi connectivity index (χ4v) is 2.97. The van der Waals surface area contributed by atoms with E-state index in [1.807, 2.05) is 18.2 Å². The molecule has 1 aromatic carbocycles. The summed E-state index contributed by atoms with van der Waals surface area (Å²) < 4.78 is 7.76. The lowest BCUT2D eigenvalue weighted by Gasteiger charge is -2.24. The Balaban J connectivity index is 2.14. The van der Waals surface area contributed by atoms with Gasteiger partial charge in [0.1, 0.15) is 5.82 Å². The van der Waals surface area contributed by atoms with Crippen molar-refractivity contribution in [3.8, 4) is 6.07 Å². The Labute approximate surface area is 119 Å². The zero-order valence-corrected chi connectivity index (χ0v) is 12.0. The van der Waals surface area contributed by atoms with Gasteiger partial charge in [-0.2, -0.15) is 5.26 Å². The molecular formula is C16H19N3O. The highest BCUT2D eigenvalue weighted by atomic mass is 16.5. The van der Waals surface area contributed by atoms with Gasteiger partial charge in [-0.1, -0.05) is 0 Å². The van der Waals surface area contributed by atoms with Gasteiger partial charge in [0.25, 0.3) is 0 Å². The molecule has 0 aliphatic carbocycles. The number of aromatic nitrogens is 2. The first-order valence-corrected chi connectivity index (χ1v) is 7.20. The number of ether oxygens (including phenoxy) is 1. The van der Waals surface area contributed by atoms with Crippen LogP contribution in [0.25, 0.3) is 11.0 Å². The Morgan fingerprint density at radius 2 is 2.10 bits per heavy atom. The summed E-state index contributed by atoms with van der Waals surface area (Å²) in [6.45, 7) is 6.00. The van der Waals surface area contributed by atoms with E-state index in [1.165, 1.54) is 0 Å². The van der Waals surface area contributed by atoms with E-state index in [2.05, 4.69) is 24.5 Å². The van der Waals surface area contributed by atoms with Crippen LogP contribution in [0.15, 0.2) is 18.2 Å². The Morgan fingerprint density at radius 3 is 2.75 bits per heavy atom. The summed E-state index contributed by atoms with van der Waals surface area (Å²) in [5.74, 6) is 1.61. The van der Waals surface area contributed by atoms with Crippen LogP contribution in [0.5, 0.6) is 0 Å². The quantitative estimate of drug-likeness (QED) is 0.839. The first-order valence-electron chi connectivity index (χ1n) is 7.20. The predicted octanol–water partition coefficient (Wildman–Crippen LogP) is 3.38. The maximum absolute atomic E-state index is 9.03. The van der Waals surface area contributed by atoms with Gasteiger partial charge < -0.3 is 9.30 Å². The average Bonchev–Trinajstić information content (AvgIpc) is 2.86. The van der Waals surface area contributed by atoms with Crippen LogP contribution in [-0.2, 0) is 4.74 Å². The first kappa shape index (κ1) is 13.1. The van der Waals surface area contributed by atoms with Crippen molar-refractivity contribution in [1.29, 1.82) is 5.26 Å². The van der Waals surface area contributed by atoms with Crippen molar-refractivity contribution in [3.05, 3.63) is 29.6 Å². The lowest BCUT2D eigenvalue weighted by molar-refractivity contribution is 0.0827. The third kappa shape index (κ3) is 2.19. The Morgan fingerprint density at radius 1 is 1.35 bits per heavy atom. The van der Waals surface area contributed by atoms with Crippen molar-refractivity contribution in [2.45, 2.75) is 38.6 Å². The lowest BCUT2D eigenvalue weighted by atomic mass is 9.99. The zero-order valence-electron chi connectivity index (χ0n) is 12.0. The summed E-state index contributed by atoms with van der Waals surface area (Å²) in [6.07, 6.45) is 2.06. The van der Waals surface area contributed by atoms with Gasteiger partial charge in [0.05, 0.1) is 22.7 Å². The molecule has 2 heterocycles. The van der Waals surface area contributed by atoms with Crippen molar-refractivity contribution < 1.29 is 4.74 Å². The molecule has 0 bridgehead atoms. The van der Waals surface area contributed by atoms with Crippen molar-refractivity contribution in [2.75, 3.05) is 13.2 Å². The molecule has 0 N–H and O–H groups in total. The molecule has 20 heavy (non-hydrogen) atoms. The second kappa shape index (κ2) is 5.26. The van der Waals surface area contributed by atoms with Crippen LogP contribution in [0.4, 0.5) is 0 Å². The fourth-order valence-electron chi connectivity index (χ4n) is 2.97. The van der Waals surface area contributed by atoms with Gasteiger partial charge in [-0.05, 0) is 44.9 Å². The smallest absolute Gasteiger partial charge is 0.113 e. The molecule has 1 fully saturated rings. The minimum absolute atomic E-state index is 0.366. The van der Waals surface area contributed by atoms with Gasteiger partial charge >= 0.3 is 0 Å². The highest BCUT2D eigenvalue weighted by Gasteiger charge is 2.23. The number of benzene rings is 1. The van der Waals surface area contributed by atoms with Crippen molar-refractivity contribution in [1.82, 2.24) is 9.55 Å². The normalized spacial score (nSPS) is 16.7. The van der Waals surface area contributed by atoms with Gasteiger partial charge in [0, 0.05) is 25.2 Å². The fraction of sp³-hybridized carbons (Fsp3) is 0.500. The van der Waals surface area contributed by atoms with Gasteiger partial charge in [-0.3, -0.25) is 0 Å². The lowest BCUT2D eigenvalue weighted by Crippen LogP contribution is -2.18. The molecular weight excluding hydrogens is 250 g/mol. The summed E-state index contributed by atoms with van der Waals surface area (Å²) in [7, 11) is 0. The average molecular weight is 269 g/mol. The third-order valence-electron chi connectivity index (χ3n) is 3.95. The molecule has 0 saturated carbocycles. The Bertz CT molecular complexity index is 660. The van der Waals surface area contributed by atoms with E-state index >= 15 is 0 Å². The number of fused-ring (bicyclic) bond motifs is 1. The van der Waals surface area contributed by atoms with Crippen LogP contribution in [0.3, 0.4) is 0 Å². The number of rotatable bonds is 2. The number of imidazole rings is 1. The maximum Gasteiger partial charge on any atom is 0.113 e. The minimum Gasteiger partial charge on any atom is -0.381 e. The molecule has 2 aromatic rings. The van der Waals surface area contributed by atoms with E-state index in [0.29, 0.717) is 17.5 Å². The van der Waals surface area contributed by atoms with E-state index in [1.54, 1.807) is 0 Å². The van der Waals surface area contributed by atoms with Crippen molar-refractivity contribution in [2.24, 2.45) is 0 Å². The minimum atomic E-state index is 0.366. The summed E-state index contributed by atoms with van der Waals surface area (Å²) in [5, 5.41) is 9.03. The summed E-state index contributed by atoms with van der Waals surface area (Å²) >= 11 is 0. The molecule has 0 unspecified atom stereocenters. The maximum atomic E-state index is 9.03. The van der Waals surface area contributed by atoms with E-state index in [4.69, 9.17) is 15.0 Å². The highest BCUT2D eigenvalue weighted by molar-refractivity contribution is 5.78. The van der Waals surface area contributed by atoms with Crippen molar-refractivity contribution >= 4 is 11.0 Å². The Kier molecular flexibility index (Phi) is 3.45. The topological polar surface area (TPSA) is 50.8 Å². The summed E-state index contributed by atoms with van der Waals surface area (Å²) in [5.41, 5.74) is 2.73. The van der Waals surface area contributed by atoms with Crippen LogP contribution in [-0.4, -0.2) is 22.8 Å². The van der Waals surface area contributed by atoms with E-state index in [9.17, 15) is 0 Å². The molecule has 0 spiro atoms. The van der Waals surface area contributed by atoms with Crippen LogP contribution >= 0.6 is 0 Å². The highest BCUT2D eigenvalue weighted by Crippen LogP contribution is 2.31. The first-order chi connectivity index (χ1) is 9.70. The molecule has 1 aliphatic heterocycles. The van der Waals surface area contributed by atoms with Crippen molar-refractivity contribution in [3.63, 3.8) is 0 Å². The molecule has 3 rings (SSSR count). The molecule has 1 aliphatic rings. The number of hydrogen-bond donors (Lipinski definition) is 0. The molecule has 1 saturated heterocycles. The molecule has 0 amide bonds. The van der Waals surface area contributed by atoms with E-state index < -0.39 is 0 Å². The summed E-state index contributed by atoms with van der Waals surface area (Å²) in [6, 6.07) is 8.33.